The normalized spacial score (nSPS) is 15.4. The molecule has 4 nitrogen and oxygen atoms in total. The van der Waals surface area contributed by atoms with Crippen LogP contribution in [0.2, 0.25) is 0 Å². The predicted molar refractivity (Wildman–Crippen MR) is 138 cm³/mol. The van der Waals surface area contributed by atoms with E-state index in [-0.39, 0.29) is 21.8 Å². The average molecular weight is 476 g/mol. The number of carbonyl (C=O) groups excluding carboxylic acids is 2. The molecule has 178 valence electrons. The first-order valence-electron chi connectivity index (χ1n) is 12.1. The molecule has 1 fully saturated rings. The second-order valence-corrected chi connectivity index (χ2v) is 12.1. The molecule has 1 aliphatic rings. The van der Waals surface area contributed by atoms with Crippen molar-refractivity contribution in [1.29, 1.82) is 0 Å². The molecule has 0 bridgehead atoms. The SMILES string of the molecule is Cc1c(-c2ccccc2)c(C(=O)[O-])c(C(=O)c2ccc(C3CCCCC3)cc2)[s+]1NC(C)(C)C. The lowest BCUT2D eigenvalue weighted by Crippen LogP contribution is -2.27. The molecule has 1 aliphatic carbocycles. The first-order valence-corrected chi connectivity index (χ1v) is 13.3. The third-order valence-corrected chi connectivity index (χ3v) is 8.90. The molecule has 2 aromatic carbocycles. The van der Waals surface area contributed by atoms with Crippen molar-refractivity contribution in [1.82, 2.24) is 0 Å². The van der Waals surface area contributed by atoms with Gasteiger partial charge in [-0.15, -0.1) is 4.72 Å². The molecule has 5 heteroatoms. The number of nitrogens with one attached hydrogen (secondary N) is 1. The van der Waals surface area contributed by atoms with Crippen LogP contribution >= 0.6 is 10.7 Å². The Morgan fingerprint density at radius 3 is 2.12 bits per heavy atom. The van der Waals surface area contributed by atoms with Crippen LogP contribution in [0, 0.1) is 6.92 Å². The fourth-order valence-electron chi connectivity index (χ4n) is 4.91. The molecule has 0 spiro atoms. The summed E-state index contributed by atoms with van der Waals surface area (Å²) in [6, 6.07) is 17.2. The standard InChI is InChI=1S/C29H33NO3S/c1-19-24(22-13-9-6-10-14-22)25(28(32)33)27(34(19)30-29(2,3)4)26(31)23-17-15-21(16-18-23)20-11-7-5-8-12-20/h6,9-10,13-18,20,30H,5,7-8,11-12H2,1-4H3. The van der Waals surface area contributed by atoms with Crippen molar-refractivity contribution >= 4 is 22.4 Å². The second kappa shape index (κ2) is 9.85. The molecule has 1 atom stereocenters. The van der Waals surface area contributed by atoms with Crippen molar-refractivity contribution in [2.45, 2.75) is 71.3 Å². The summed E-state index contributed by atoms with van der Waals surface area (Å²) in [5.74, 6) is -1.01. The summed E-state index contributed by atoms with van der Waals surface area (Å²) in [5.41, 5.74) is 2.84. The Hall–Kier alpha value is -2.76. The van der Waals surface area contributed by atoms with Gasteiger partial charge in [0.25, 0.3) is 4.88 Å². The zero-order chi connectivity index (χ0) is 24.5. The monoisotopic (exact) mass is 475 g/mol. The number of ketones is 1. The van der Waals surface area contributed by atoms with Crippen molar-refractivity contribution in [2.75, 3.05) is 4.72 Å². The number of carbonyl (C=O) groups is 2. The lowest BCUT2D eigenvalue weighted by atomic mass is 9.84. The predicted octanol–water partition coefficient (Wildman–Crippen LogP) is 6.40. The highest BCUT2D eigenvalue weighted by atomic mass is 32.2. The molecule has 1 heterocycles. The van der Waals surface area contributed by atoms with Crippen LogP contribution in [0.25, 0.3) is 11.1 Å². The molecular weight excluding hydrogens is 442 g/mol. The first-order chi connectivity index (χ1) is 16.2. The van der Waals surface area contributed by atoms with Crippen LogP contribution in [-0.4, -0.2) is 17.3 Å². The van der Waals surface area contributed by atoms with Gasteiger partial charge >= 0.3 is 0 Å². The van der Waals surface area contributed by atoms with Gasteiger partial charge in [-0.3, -0.25) is 4.79 Å². The van der Waals surface area contributed by atoms with Gasteiger partial charge in [0.1, 0.15) is 0 Å². The lowest BCUT2D eigenvalue weighted by molar-refractivity contribution is -0.254. The van der Waals surface area contributed by atoms with Crippen LogP contribution in [0.1, 0.15) is 94.8 Å². The van der Waals surface area contributed by atoms with Crippen LogP contribution < -0.4 is 9.83 Å². The minimum absolute atomic E-state index is 0.00476. The highest BCUT2D eigenvalue weighted by molar-refractivity contribution is 7.35. The van der Waals surface area contributed by atoms with E-state index < -0.39 is 16.6 Å². The Balaban J connectivity index is 1.83. The van der Waals surface area contributed by atoms with Crippen molar-refractivity contribution in [3.8, 4) is 11.1 Å². The fourth-order valence-corrected chi connectivity index (χ4v) is 7.20. The Labute approximate surface area is 205 Å². The summed E-state index contributed by atoms with van der Waals surface area (Å²) in [7, 11) is -0.862. The Morgan fingerprint density at radius 2 is 1.56 bits per heavy atom. The molecule has 1 unspecified atom stereocenters. The summed E-state index contributed by atoms with van der Waals surface area (Å²) < 4.78 is 3.52. The average Bonchev–Trinajstić information content (AvgIpc) is 3.10. The number of benzene rings is 2. The number of thiophene rings is 1. The minimum atomic E-state index is -1.31. The largest absolute Gasteiger partial charge is 0.545 e. The van der Waals surface area contributed by atoms with Gasteiger partial charge in [0.15, 0.2) is 4.88 Å². The zero-order valence-corrected chi connectivity index (χ0v) is 21.3. The molecule has 3 aromatic rings. The summed E-state index contributed by atoms with van der Waals surface area (Å²) in [6.45, 7) is 7.98. The van der Waals surface area contributed by atoms with Crippen LogP contribution in [-0.2, 0) is 0 Å². The summed E-state index contributed by atoms with van der Waals surface area (Å²) in [6.07, 6.45) is 6.18. The van der Waals surface area contributed by atoms with Crippen LogP contribution in [0.3, 0.4) is 0 Å². The van der Waals surface area contributed by atoms with E-state index in [9.17, 15) is 14.7 Å². The van der Waals surface area contributed by atoms with Gasteiger partial charge in [0.05, 0.1) is 33.3 Å². The number of carboxylic acid groups (broad SMARTS) is 1. The Kier molecular flexibility index (Phi) is 7.06. The van der Waals surface area contributed by atoms with E-state index in [2.05, 4.69) is 4.72 Å². The van der Waals surface area contributed by atoms with E-state index >= 15 is 0 Å². The van der Waals surface area contributed by atoms with Gasteiger partial charge < -0.3 is 9.90 Å². The first kappa shape index (κ1) is 24.4. The molecule has 0 aliphatic heterocycles. The molecule has 0 saturated heterocycles. The topological polar surface area (TPSA) is 69.2 Å². The molecule has 1 aromatic heterocycles. The van der Waals surface area contributed by atoms with Crippen molar-refractivity contribution < 1.29 is 14.7 Å². The molecule has 4 rings (SSSR count). The van der Waals surface area contributed by atoms with Crippen LogP contribution in [0.4, 0.5) is 0 Å². The van der Waals surface area contributed by atoms with Gasteiger partial charge in [-0.25, -0.2) is 0 Å². The maximum Gasteiger partial charge on any atom is 0.252 e. The van der Waals surface area contributed by atoms with E-state index in [1.54, 1.807) is 0 Å². The molecule has 1 saturated carbocycles. The quantitative estimate of drug-likeness (QED) is 0.331. The van der Waals surface area contributed by atoms with Gasteiger partial charge in [0, 0.05) is 12.5 Å². The highest BCUT2D eigenvalue weighted by Crippen LogP contribution is 2.44. The van der Waals surface area contributed by atoms with Crippen molar-refractivity contribution in [3.63, 3.8) is 0 Å². The van der Waals surface area contributed by atoms with Crippen LogP contribution in [0.15, 0.2) is 54.6 Å². The third-order valence-electron chi connectivity index (χ3n) is 6.47. The Morgan fingerprint density at radius 1 is 0.941 bits per heavy atom. The number of hydrogen-bond acceptors (Lipinski definition) is 4. The van der Waals surface area contributed by atoms with Crippen molar-refractivity contribution in [3.05, 3.63) is 81.0 Å². The highest BCUT2D eigenvalue weighted by Gasteiger charge is 2.38. The summed E-state index contributed by atoms with van der Waals surface area (Å²) in [4.78, 5) is 27.5. The smallest absolute Gasteiger partial charge is 0.252 e. The van der Waals surface area contributed by atoms with Gasteiger partial charge in [-0.2, -0.15) is 0 Å². The van der Waals surface area contributed by atoms with E-state index in [0.29, 0.717) is 17.0 Å². The zero-order valence-electron chi connectivity index (χ0n) is 20.4. The van der Waals surface area contributed by atoms with Crippen molar-refractivity contribution in [2.24, 2.45) is 0 Å². The van der Waals surface area contributed by atoms with E-state index in [1.807, 2.05) is 82.3 Å². The molecule has 1 N–H and O–H groups in total. The number of rotatable bonds is 6. The third kappa shape index (κ3) is 5.01. The second-order valence-electron chi connectivity index (χ2n) is 10.2. The maximum absolute atomic E-state index is 13.9. The molecular formula is C29H33NO3S. The number of aromatic carboxylic acids is 1. The lowest BCUT2D eigenvalue weighted by Gasteiger charge is -2.22. The van der Waals surface area contributed by atoms with E-state index in [1.165, 1.54) is 37.7 Å². The molecule has 0 radical (unpaired) electrons. The van der Waals surface area contributed by atoms with Crippen LogP contribution in [0.5, 0.6) is 0 Å². The summed E-state index contributed by atoms with van der Waals surface area (Å²) >= 11 is 0. The molecule has 34 heavy (non-hydrogen) atoms. The number of hydrogen-bond donors (Lipinski definition) is 1. The van der Waals surface area contributed by atoms with Gasteiger partial charge in [-0.05, 0) is 50.7 Å². The molecule has 0 amide bonds. The number of carboxylic acids is 1. The maximum atomic E-state index is 13.9. The van der Waals surface area contributed by atoms with Gasteiger partial charge in [-0.1, -0.05) is 73.9 Å². The summed E-state index contributed by atoms with van der Waals surface area (Å²) in [5, 5.41) is 12.5. The fraction of sp³-hybridized carbons (Fsp3) is 0.379. The van der Waals surface area contributed by atoms with Gasteiger partial charge in [0.2, 0.25) is 5.78 Å². The van der Waals surface area contributed by atoms with E-state index in [4.69, 9.17) is 0 Å². The Bertz CT molecular complexity index is 1180. The minimum Gasteiger partial charge on any atom is -0.545 e. The van der Waals surface area contributed by atoms with E-state index in [0.717, 1.165) is 10.4 Å².